The Bertz CT molecular complexity index is 641. The van der Waals surface area contributed by atoms with Gasteiger partial charge in [-0.3, -0.25) is 4.79 Å². The third kappa shape index (κ3) is 3.26. The number of hydrogen-bond acceptors (Lipinski definition) is 3. The Hall–Kier alpha value is -1.65. The van der Waals surface area contributed by atoms with Crippen molar-refractivity contribution in [2.75, 3.05) is 6.54 Å². The molecule has 0 saturated heterocycles. The first-order valence-corrected chi connectivity index (χ1v) is 6.86. The Balaban J connectivity index is 2.23. The van der Waals surface area contributed by atoms with Crippen LogP contribution in [0, 0.1) is 0 Å². The summed E-state index contributed by atoms with van der Waals surface area (Å²) >= 11 is 6.08. The van der Waals surface area contributed by atoms with Crippen molar-refractivity contribution >= 4 is 28.3 Å². The van der Waals surface area contributed by atoms with Crippen LogP contribution in [0.2, 0.25) is 5.15 Å². The zero-order chi connectivity index (χ0) is 14.8. The predicted molar refractivity (Wildman–Crippen MR) is 80.0 cm³/mol. The topological polar surface area (TPSA) is 62.2 Å². The average Bonchev–Trinajstić information content (AvgIpc) is 2.45. The van der Waals surface area contributed by atoms with E-state index in [4.69, 9.17) is 11.6 Å². The number of aromatic nitrogens is 1. The van der Waals surface area contributed by atoms with Gasteiger partial charge >= 0.3 is 0 Å². The zero-order valence-electron chi connectivity index (χ0n) is 11.5. The zero-order valence-corrected chi connectivity index (χ0v) is 12.2. The van der Waals surface area contributed by atoms with Gasteiger partial charge in [-0.1, -0.05) is 42.8 Å². The van der Waals surface area contributed by atoms with E-state index in [1.165, 1.54) is 0 Å². The summed E-state index contributed by atoms with van der Waals surface area (Å²) in [6.45, 7) is 3.71. The number of halogens is 1. The van der Waals surface area contributed by atoms with Crippen LogP contribution >= 0.6 is 11.6 Å². The fourth-order valence-corrected chi connectivity index (χ4v) is 2.02. The molecule has 1 unspecified atom stereocenters. The van der Waals surface area contributed by atoms with Gasteiger partial charge in [-0.2, -0.15) is 0 Å². The lowest BCUT2D eigenvalue weighted by molar-refractivity contribution is 0.0517. The molecule has 1 amide bonds. The second-order valence-electron chi connectivity index (χ2n) is 5.05. The molecule has 1 aromatic heterocycles. The van der Waals surface area contributed by atoms with Crippen LogP contribution in [0.15, 0.2) is 30.3 Å². The van der Waals surface area contributed by atoms with Gasteiger partial charge in [-0.25, -0.2) is 4.98 Å². The minimum absolute atomic E-state index is 0.175. The van der Waals surface area contributed by atoms with E-state index in [-0.39, 0.29) is 18.1 Å². The average molecular weight is 293 g/mol. The molecule has 5 heteroatoms. The van der Waals surface area contributed by atoms with Gasteiger partial charge in [-0.15, -0.1) is 0 Å². The van der Waals surface area contributed by atoms with Crippen molar-refractivity contribution in [3.63, 3.8) is 0 Å². The molecule has 1 atom stereocenters. The molecular weight excluding hydrogens is 276 g/mol. The molecule has 0 aliphatic rings. The van der Waals surface area contributed by atoms with E-state index >= 15 is 0 Å². The van der Waals surface area contributed by atoms with Crippen LogP contribution in [-0.2, 0) is 0 Å². The Labute approximate surface area is 122 Å². The van der Waals surface area contributed by atoms with Crippen molar-refractivity contribution in [2.24, 2.45) is 0 Å². The van der Waals surface area contributed by atoms with E-state index in [1.54, 1.807) is 13.0 Å². The quantitative estimate of drug-likeness (QED) is 0.852. The van der Waals surface area contributed by atoms with E-state index in [9.17, 15) is 9.90 Å². The first-order valence-electron chi connectivity index (χ1n) is 6.49. The molecule has 0 fully saturated rings. The Kier molecular flexibility index (Phi) is 4.26. The predicted octanol–water partition coefficient (Wildman–Crippen LogP) is 2.78. The lowest BCUT2D eigenvalue weighted by Crippen LogP contribution is -2.40. The van der Waals surface area contributed by atoms with Gasteiger partial charge in [0.2, 0.25) is 0 Å². The highest BCUT2D eigenvalue weighted by Gasteiger charge is 2.19. The van der Waals surface area contributed by atoms with Crippen LogP contribution in [0.1, 0.15) is 30.8 Å². The summed E-state index contributed by atoms with van der Waals surface area (Å²) in [7, 11) is 0. The Morgan fingerprint density at radius 2 is 2.15 bits per heavy atom. The van der Waals surface area contributed by atoms with Crippen LogP contribution in [-0.4, -0.2) is 28.1 Å². The van der Waals surface area contributed by atoms with Crippen LogP contribution < -0.4 is 5.32 Å². The maximum atomic E-state index is 12.1. The smallest absolute Gasteiger partial charge is 0.270 e. The maximum Gasteiger partial charge on any atom is 0.270 e. The van der Waals surface area contributed by atoms with Gasteiger partial charge in [0, 0.05) is 11.9 Å². The first-order chi connectivity index (χ1) is 9.43. The van der Waals surface area contributed by atoms with Crippen LogP contribution in [0.3, 0.4) is 0 Å². The normalized spacial score (nSPS) is 14.0. The minimum atomic E-state index is -0.920. The molecule has 1 aromatic carbocycles. The number of nitrogens with zero attached hydrogens (tertiary/aromatic N) is 1. The monoisotopic (exact) mass is 292 g/mol. The van der Waals surface area contributed by atoms with Gasteiger partial charge < -0.3 is 10.4 Å². The molecule has 0 saturated carbocycles. The number of carbonyl (C=O) groups is 1. The summed E-state index contributed by atoms with van der Waals surface area (Å²) in [6.07, 6.45) is 0.555. The van der Waals surface area contributed by atoms with Crippen molar-refractivity contribution in [1.29, 1.82) is 0 Å². The fourth-order valence-electron chi connectivity index (χ4n) is 1.76. The van der Waals surface area contributed by atoms with E-state index in [0.29, 0.717) is 11.6 Å². The van der Waals surface area contributed by atoms with E-state index in [1.807, 2.05) is 31.2 Å². The highest BCUT2D eigenvalue weighted by molar-refractivity contribution is 6.34. The maximum absolute atomic E-state index is 12.1. The molecule has 0 radical (unpaired) electrons. The molecule has 0 aliphatic carbocycles. The number of amides is 1. The highest BCUT2D eigenvalue weighted by Crippen LogP contribution is 2.22. The van der Waals surface area contributed by atoms with Crippen LogP contribution in [0.25, 0.3) is 10.8 Å². The van der Waals surface area contributed by atoms with Gasteiger partial charge in [0.25, 0.3) is 5.91 Å². The standard InChI is InChI=1S/C15H17ClN2O2/c1-3-15(2,20)9-17-14(19)12-8-10-6-4-5-7-11(10)13(16)18-12/h4-8,20H,3,9H2,1-2H3,(H,17,19). The van der Waals surface area contributed by atoms with Crippen LogP contribution in [0.5, 0.6) is 0 Å². The molecule has 20 heavy (non-hydrogen) atoms. The third-order valence-electron chi connectivity index (χ3n) is 3.32. The molecule has 0 spiro atoms. The summed E-state index contributed by atoms with van der Waals surface area (Å²) in [5.74, 6) is -0.341. The number of fused-ring (bicyclic) bond motifs is 1. The van der Waals surface area contributed by atoms with E-state index in [2.05, 4.69) is 10.3 Å². The van der Waals surface area contributed by atoms with Gasteiger partial charge in [-0.05, 0) is 24.8 Å². The fraction of sp³-hybridized carbons (Fsp3) is 0.333. The number of benzene rings is 1. The number of nitrogens with one attached hydrogen (secondary N) is 1. The summed E-state index contributed by atoms with van der Waals surface area (Å²) in [4.78, 5) is 16.2. The molecular formula is C15H17ClN2O2. The molecule has 2 N–H and O–H groups in total. The summed E-state index contributed by atoms with van der Waals surface area (Å²) in [5.41, 5.74) is -0.670. The number of hydrogen-bond donors (Lipinski definition) is 2. The summed E-state index contributed by atoms with van der Waals surface area (Å²) in [5, 5.41) is 14.5. The molecule has 1 heterocycles. The van der Waals surface area contributed by atoms with Crippen molar-refractivity contribution in [3.05, 3.63) is 41.2 Å². The molecule has 0 bridgehead atoms. The second-order valence-corrected chi connectivity index (χ2v) is 5.41. The summed E-state index contributed by atoms with van der Waals surface area (Å²) < 4.78 is 0. The number of rotatable bonds is 4. The molecule has 2 rings (SSSR count). The van der Waals surface area contributed by atoms with E-state index in [0.717, 1.165) is 10.8 Å². The van der Waals surface area contributed by atoms with Gasteiger partial charge in [0.05, 0.1) is 5.60 Å². The van der Waals surface area contributed by atoms with Gasteiger partial charge in [0.1, 0.15) is 10.8 Å². The third-order valence-corrected chi connectivity index (χ3v) is 3.61. The second kappa shape index (κ2) is 5.77. The largest absolute Gasteiger partial charge is 0.388 e. The number of aliphatic hydroxyl groups is 1. The van der Waals surface area contributed by atoms with Crippen molar-refractivity contribution < 1.29 is 9.90 Å². The molecule has 0 aliphatic heterocycles. The van der Waals surface area contributed by atoms with E-state index < -0.39 is 5.60 Å². The first kappa shape index (κ1) is 14.8. The summed E-state index contributed by atoms with van der Waals surface area (Å²) in [6, 6.07) is 9.17. The molecule has 106 valence electrons. The lowest BCUT2D eigenvalue weighted by atomic mass is 10.0. The Morgan fingerprint density at radius 1 is 1.45 bits per heavy atom. The van der Waals surface area contributed by atoms with Crippen molar-refractivity contribution in [1.82, 2.24) is 10.3 Å². The SMILES string of the molecule is CCC(C)(O)CNC(=O)c1cc2ccccc2c(Cl)n1. The number of carbonyl (C=O) groups excluding carboxylic acids is 1. The minimum Gasteiger partial charge on any atom is -0.388 e. The number of pyridine rings is 1. The van der Waals surface area contributed by atoms with Crippen LogP contribution in [0.4, 0.5) is 0 Å². The lowest BCUT2D eigenvalue weighted by Gasteiger charge is -2.21. The highest BCUT2D eigenvalue weighted by atomic mass is 35.5. The molecule has 2 aromatic rings. The molecule has 4 nitrogen and oxygen atoms in total. The van der Waals surface area contributed by atoms with Gasteiger partial charge in [0.15, 0.2) is 0 Å². The van der Waals surface area contributed by atoms with Crippen molar-refractivity contribution in [3.8, 4) is 0 Å². The van der Waals surface area contributed by atoms with Crippen molar-refractivity contribution in [2.45, 2.75) is 25.9 Å². The Morgan fingerprint density at radius 3 is 2.85 bits per heavy atom.